The first kappa shape index (κ1) is 21.1. The minimum Gasteiger partial charge on any atom is -0.463 e. The zero-order chi connectivity index (χ0) is 19.4. The van der Waals surface area contributed by atoms with Crippen LogP contribution in [0.3, 0.4) is 0 Å². The van der Waals surface area contributed by atoms with Crippen LogP contribution in [0.25, 0.3) is 0 Å². The van der Waals surface area contributed by atoms with Gasteiger partial charge in [-0.25, -0.2) is 0 Å². The number of carbonyl (C=O) groups is 4. The number of aliphatic hydroxyl groups is 1. The summed E-state index contributed by atoms with van der Waals surface area (Å²) in [7, 11) is 0. The maximum absolute atomic E-state index is 11.4. The fourth-order valence-corrected chi connectivity index (χ4v) is 2.52. The summed E-state index contributed by atoms with van der Waals surface area (Å²) in [4.78, 5) is 45.1. The van der Waals surface area contributed by atoms with Gasteiger partial charge >= 0.3 is 23.9 Å². The van der Waals surface area contributed by atoms with E-state index in [1.165, 1.54) is 0 Å². The van der Waals surface area contributed by atoms with Gasteiger partial charge in [0.25, 0.3) is 5.25 Å². The Morgan fingerprint density at radius 3 is 1.84 bits per heavy atom. The van der Waals surface area contributed by atoms with E-state index < -0.39 is 60.1 Å². The summed E-state index contributed by atoms with van der Waals surface area (Å²) in [5.41, 5.74) is 0. The van der Waals surface area contributed by atoms with Crippen LogP contribution in [0.4, 0.5) is 0 Å². The van der Waals surface area contributed by atoms with Gasteiger partial charge in [-0.15, -0.1) is 0 Å². The first-order valence-electron chi connectivity index (χ1n) is 7.18. The van der Waals surface area contributed by atoms with Gasteiger partial charge in [0.15, 0.2) is 12.2 Å². The Labute approximate surface area is 148 Å². The molecule has 0 spiro atoms. The Morgan fingerprint density at radius 2 is 1.40 bits per heavy atom. The number of alkyl halides is 1. The molecule has 1 heterocycles. The highest BCUT2D eigenvalue weighted by atomic mass is 35.5. The maximum atomic E-state index is 11.4. The molecule has 0 aromatic heterocycles. The lowest BCUT2D eigenvalue weighted by molar-refractivity contribution is -0.316. The SMILES string of the molecule is CC(=O)OC[C@H]1O[C@](O)(Cl)[C@H](OC(C)=O)[C@@H](OC(C)=O)[C@H]1OC(C)=O. The van der Waals surface area contributed by atoms with E-state index >= 15 is 0 Å². The summed E-state index contributed by atoms with van der Waals surface area (Å²) in [6, 6.07) is 0. The quantitative estimate of drug-likeness (QED) is 0.381. The largest absolute Gasteiger partial charge is 0.463 e. The van der Waals surface area contributed by atoms with Crippen LogP contribution in [0.5, 0.6) is 0 Å². The smallest absolute Gasteiger partial charge is 0.303 e. The summed E-state index contributed by atoms with van der Waals surface area (Å²) < 4.78 is 24.9. The normalized spacial score (nSPS) is 31.6. The number of esters is 4. The number of rotatable bonds is 5. The third kappa shape index (κ3) is 6.15. The molecule has 1 N–H and O–H groups in total. The monoisotopic (exact) mass is 382 g/mol. The van der Waals surface area contributed by atoms with Gasteiger partial charge in [0.2, 0.25) is 6.10 Å². The molecule has 11 heteroatoms. The molecule has 0 radical (unpaired) electrons. The third-order valence-electron chi connectivity index (χ3n) is 3.00. The van der Waals surface area contributed by atoms with E-state index in [9.17, 15) is 24.3 Å². The van der Waals surface area contributed by atoms with Crippen LogP contribution in [-0.2, 0) is 42.9 Å². The van der Waals surface area contributed by atoms with Crippen molar-refractivity contribution >= 4 is 35.5 Å². The van der Waals surface area contributed by atoms with Crippen molar-refractivity contribution in [1.82, 2.24) is 0 Å². The number of carbonyl (C=O) groups excluding carboxylic acids is 4. The number of halogens is 1. The fraction of sp³-hybridized carbons (Fsp3) is 0.714. The van der Waals surface area contributed by atoms with Crippen LogP contribution in [0, 0.1) is 0 Å². The highest BCUT2D eigenvalue weighted by Crippen LogP contribution is 2.36. The molecule has 1 rings (SSSR count). The first-order valence-corrected chi connectivity index (χ1v) is 7.56. The molecule has 5 atom stereocenters. The lowest BCUT2D eigenvalue weighted by atomic mass is 9.98. The first-order chi connectivity index (χ1) is 11.4. The van der Waals surface area contributed by atoms with Crippen molar-refractivity contribution in [3.63, 3.8) is 0 Å². The molecule has 10 nitrogen and oxygen atoms in total. The van der Waals surface area contributed by atoms with Gasteiger partial charge in [0.1, 0.15) is 12.7 Å². The van der Waals surface area contributed by atoms with Crippen LogP contribution in [0.2, 0.25) is 0 Å². The van der Waals surface area contributed by atoms with Gasteiger partial charge in [-0.2, -0.15) is 0 Å². The van der Waals surface area contributed by atoms with Crippen molar-refractivity contribution in [3.8, 4) is 0 Å². The van der Waals surface area contributed by atoms with Gasteiger partial charge in [-0.1, -0.05) is 11.6 Å². The molecule has 1 saturated heterocycles. The summed E-state index contributed by atoms with van der Waals surface area (Å²) in [6.07, 6.45) is -5.84. The predicted octanol–water partition coefficient (Wildman–Crippen LogP) is -0.372. The molecule has 142 valence electrons. The molecule has 0 unspecified atom stereocenters. The molecular formula is C14H19ClO10. The summed E-state index contributed by atoms with van der Waals surface area (Å²) in [5.74, 6) is -3.13. The number of ether oxygens (including phenoxy) is 5. The third-order valence-corrected chi connectivity index (χ3v) is 3.31. The van der Waals surface area contributed by atoms with E-state index in [1.807, 2.05) is 0 Å². The molecule has 0 aromatic carbocycles. The summed E-state index contributed by atoms with van der Waals surface area (Å²) >= 11 is 5.86. The predicted molar refractivity (Wildman–Crippen MR) is 79.0 cm³/mol. The van der Waals surface area contributed by atoms with Crippen LogP contribution >= 0.6 is 11.6 Å². The second kappa shape index (κ2) is 8.45. The van der Waals surface area contributed by atoms with E-state index in [1.54, 1.807) is 0 Å². The molecule has 0 amide bonds. The molecule has 0 aromatic rings. The lowest BCUT2D eigenvalue weighted by Crippen LogP contribution is -2.66. The molecule has 1 aliphatic heterocycles. The van der Waals surface area contributed by atoms with E-state index in [-0.39, 0.29) is 0 Å². The van der Waals surface area contributed by atoms with Gasteiger partial charge in [0, 0.05) is 27.7 Å². The lowest BCUT2D eigenvalue weighted by Gasteiger charge is -2.45. The van der Waals surface area contributed by atoms with Crippen molar-refractivity contribution in [3.05, 3.63) is 0 Å². The van der Waals surface area contributed by atoms with E-state index in [2.05, 4.69) is 0 Å². The highest BCUT2D eigenvalue weighted by Gasteiger charge is 2.59. The van der Waals surface area contributed by atoms with Crippen LogP contribution < -0.4 is 0 Å². The minimum atomic E-state index is -2.62. The van der Waals surface area contributed by atoms with Gasteiger partial charge in [0.05, 0.1) is 0 Å². The van der Waals surface area contributed by atoms with Crippen LogP contribution in [0.15, 0.2) is 0 Å². The van der Waals surface area contributed by atoms with Crippen molar-refractivity contribution in [2.45, 2.75) is 57.4 Å². The van der Waals surface area contributed by atoms with Crippen molar-refractivity contribution in [1.29, 1.82) is 0 Å². The maximum Gasteiger partial charge on any atom is 0.303 e. The number of hydrogen-bond donors (Lipinski definition) is 1. The Balaban J connectivity index is 3.24. The van der Waals surface area contributed by atoms with Gasteiger partial charge in [-0.3, -0.25) is 19.2 Å². The van der Waals surface area contributed by atoms with Crippen LogP contribution in [-0.4, -0.2) is 65.3 Å². The fourth-order valence-electron chi connectivity index (χ4n) is 2.23. The summed E-state index contributed by atoms with van der Waals surface area (Å²) in [5, 5.41) is 7.63. The molecule has 0 saturated carbocycles. The molecular weight excluding hydrogens is 364 g/mol. The van der Waals surface area contributed by atoms with E-state index in [4.69, 9.17) is 35.3 Å². The zero-order valence-electron chi connectivity index (χ0n) is 14.0. The van der Waals surface area contributed by atoms with Crippen molar-refractivity contribution in [2.24, 2.45) is 0 Å². The Morgan fingerprint density at radius 1 is 0.920 bits per heavy atom. The average Bonchev–Trinajstić information content (AvgIpc) is 2.42. The molecule has 1 fully saturated rings. The van der Waals surface area contributed by atoms with Gasteiger partial charge in [-0.05, 0) is 0 Å². The topological polar surface area (TPSA) is 135 Å². The molecule has 25 heavy (non-hydrogen) atoms. The van der Waals surface area contributed by atoms with E-state index in [0.717, 1.165) is 27.7 Å². The number of hydrogen-bond acceptors (Lipinski definition) is 10. The van der Waals surface area contributed by atoms with Gasteiger partial charge < -0.3 is 28.8 Å². The Bertz CT molecular complexity index is 546. The average molecular weight is 383 g/mol. The zero-order valence-corrected chi connectivity index (χ0v) is 14.8. The molecule has 0 aliphatic carbocycles. The van der Waals surface area contributed by atoms with Crippen molar-refractivity contribution < 1.29 is 48.0 Å². The Hall–Kier alpha value is -1.91. The van der Waals surface area contributed by atoms with Crippen molar-refractivity contribution in [2.75, 3.05) is 6.61 Å². The summed E-state index contributed by atoms with van der Waals surface area (Å²) in [6.45, 7) is 3.83. The molecule has 0 bridgehead atoms. The second-order valence-electron chi connectivity index (χ2n) is 5.25. The molecule has 1 aliphatic rings. The second-order valence-corrected chi connectivity index (χ2v) is 5.79. The Kier molecular flexibility index (Phi) is 7.15. The minimum absolute atomic E-state index is 0.465. The highest BCUT2D eigenvalue weighted by molar-refractivity contribution is 6.22. The van der Waals surface area contributed by atoms with Crippen LogP contribution in [0.1, 0.15) is 27.7 Å². The standard InChI is InChI=1S/C14H19ClO10/c1-6(16)21-5-10-11(22-7(2)17)12(23-8(3)18)13(24-9(4)19)14(15,20)25-10/h10-13,20H,5H2,1-4H3/t10-,11+,12+,13-,14+/m1/s1. The van der Waals surface area contributed by atoms with E-state index in [0.29, 0.717) is 0 Å².